The highest BCUT2D eigenvalue weighted by Gasteiger charge is 1.94. The van der Waals surface area contributed by atoms with Gasteiger partial charge in [-0.15, -0.1) is 0 Å². The maximum Gasteiger partial charge on any atom is 0.328 e. The van der Waals surface area contributed by atoms with E-state index >= 15 is 0 Å². The highest BCUT2D eigenvalue weighted by atomic mass is 32.2. The number of hydrogen-bond donors (Lipinski definition) is 1. The molecule has 0 saturated carbocycles. The van der Waals surface area contributed by atoms with Gasteiger partial charge in [-0.25, -0.2) is 4.79 Å². The average Bonchev–Trinajstić information content (AvgIpc) is 2.33. The largest absolute Gasteiger partial charge is 0.493 e. The van der Waals surface area contributed by atoms with E-state index in [1.165, 1.54) is 0 Å². The van der Waals surface area contributed by atoms with Gasteiger partial charge < -0.3 is 9.84 Å². The first-order valence-electron chi connectivity index (χ1n) is 5.44. The van der Waals surface area contributed by atoms with E-state index in [2.05, 4.69) is 6.92 Å². The minimum absolute atomic E-state index is 0.697. The Bertz CT molecular complexity index is 371. The van der Waals surface area contributed by atoms with E-state index in [0.29, 0.717) is 6.61 Å². The highest BCUT2D eigenvalue weighted by Crippen LogP contribution is 2.13. The van der Waals surface area contributed by atoms with Crippen LogP contribution in [-0.2, 0) is 4.79 Å². The van der Waals surface area contributed by atoms with E-state index in [1.807, 2.05) is 36.0 Å². The zero-order valence-electron chi connectivity index (χ0n) is 9.76. The Hall–Kier alpha value is -1.42. The number of ether oxygens (including phenoxy) is 1. The number of hydrogen-bond acceptors (Lipinski definition) is 3. The fraction of sp³-hybridized carbons (Fsp3) is 0.308. The molecule has 0 saturated heterocycles. The monoisotopic (exact) mass is 252 g/mol. The number of carboxylic acids is 1. The van der Waals surface area contributed by atoms with Crippen LogP contribution >= 0.6 is 11.8 Å². The summed E-state index contributed by atoms with van der Waals surface area (Å²) in [5.41, 5.74) is 0.850. The lowest BCUT2D eigenvalue weighted by Crippen LogP contribution is -2.00. The van der Waals surface area contributed by atoms with Crippen LogP contribution in [0.3, 0.4) is 0 Å². The van der Waals surface area contributed by atoms with Crippen molar-refractivity contribution in [2.45, 2.75) is 6.92 Å². The molecule has 0 spiro atoms. The normalized spacial score (nSPS) is 10.6. The summed E-state index contributed by atoms with van der Waals surface area (Å²) in [6, 6.07) is 7.36. The van der Waals surface area contributed by atoms with Crippen LogP contribution in [0.4, 0.5) is 0 Å². The zero-order chi connectivity index (χ0) is 12.5. The van der Waals surface area contributed by atoms with Gasteiger partial charge in [-0.2, -0.15) is 11.8 Å². The molecule has 1 rings (SSSR count). The quantitative estimate of drug-likeness (QED) is 0.598. The van der Waals surface area contributed by atoms with Gasteiger partial charge in [0.05, 0.1) is 6.61 Å². The number of benzene rings is 1. The molecule has 0 amide bonds. The summed E-state index contributed by atoms with van der Waals surface area (Å²) in [7, 11) is 0. The molecule has 3 nitrogen and oxygen atoms in total. The molecule has 0 heterocycles. The van der Waals surface area contributed by atoms with Crippen LogP contribution in [0, 0.1) is 0 Å². The van der Waals surface area contributed by atoms with Gasteiger partial charge in [0.1, 0.15) is 5.75 Å². The minimum atomic E-state index is -0.943. The Kier molecular flexibility index (Phi) is 6.25. The maximum atomic E-state index is 10.3. The third kappa shape index (κ3) is 6.02. The topological polar surface area (TPSA) is 46.5 Å². The van der Waals surface area contributed by atoms with Crippen molar-refractivity contribution in [2.75, 3.05) is 18.1 Å². The van der Waals surface area contributed by atoms with Crippen LogP contribution in [0.5, 0.6) is 5.75 Å². The lowest BCUT2D eigenvalue weighted by molar-refractivity contribution is -0.131. The molecule has 0 unspecified atom stereocenters. The SMILES string of the molecule is CCSCCOc1ccc(/C=C/C(=O)O)cc1. The minimum Gasteiger partial charge on any atom is -0.493 e. The van der Waals surface area contributed by atoms with Crippen LogP contribution < -0.4 is 4.74 Å². The molecule has 1 aromatic rings. The summed E-state index contributed by atoms with van der Waals surface area (Å²) in [6.07, 6.45) is 2.67. The Morgan fingerprint density at radius 3 is 2.71 bits per heavy atom. The lowest BCUT2D eigenvalue weighted by atomic mass is 10.2. The van der Waals surface area contributed by atoms with E-state index in [4.69, 9.17) is 9.84 Å². The molecule has 0 fully saturated rings. The van der Waals surface area contributed by atoms with Crippen LogP contribution in [0.25, 0.3) is 6.08 Å². The Morgan fingerprint density at radius 2 is 2.12 bits per heavy atom. The summed E-state index contributed by atoms with van der Waals surface area (Å²) in [6.45, 7) is 2.82. The summed E-state index contributed by atoms with van der Waals surface area (Å²) in [4.78, 5) is 10.3. The van der Waals surface area contributed by atoms with Gasteiger partial charge in [-0.05, 0) is 29.5 Å². The lowest BCUT2D eigenvalue weighted by Gasteiger charge is -2.05. The molecule has 1 N–H and O–H groups in total. The van der Waals surface area contributed by atoms with Gasteiger partial charge in [0.2, 0.25) is 0 Å². The van der Waals surface area contributed by atoms with Gasteiger partial charge >= 0.3 is 5.97 Å². The van der Waals surface area contributed by atoms with Gasteiger partial charge in [0.25, 0.3) is 0 Å². The Morgan fingerprint density at radius 1 is 1.41 bits per heavy atom. The second-order valence-corrected chi connectivity index (χ2v) is 4.68. The fourth-order valence-corrected chi connectivity index (χ4v) is 1.70. The van der Waals surface area contributed by atoms with Crippen molar-refractivity contribution in [2.24, 2.45) is 0 Å². The van der Waals surface area contributed by atoms with Crippen molar-refractivity contribution in [1.29, 1.82) is 0 Å². The highest BCUT2D eigenvalue weighted by molar-refractivity contribution is 7.99. The predicted molar refractivity (Wildman–Crippen MR) is 71.6 cm³/mol. The van der Waals surface area contributed by atoms with Crippen molar-refractivity contribution in [1.82, 2.24) is 0 Å². The molecule has 4 heteroatoms. The summed E-state index contributed by atoms with van der Waals surface area (Å²) < 4.78 is 5.53. The molecule has 0 radical (unpaired) electrons. The van der Waals surface area contributed by atoms with Crippen LogP contribution in [0.1, 0.15) is 12.5 Å². The zero-order valence-corrected chi connectivity index (χ0v) is 10.6. The summed E-state index contributed by atoms with van der Waals surface area (Å²) >= 11 is 1.84. The summed E-state index contributed by atoms with van der Waals surface area (Å²) in [5, 5.41) is 8.48. The van der Waals surface area contributed by atoms with E-state index in [9.17, 15) is 4.79 Å². The number of carboxylic acid groups (broad SMARTS) is 1. The van der Waals surface area contributed by atoms with E-state index in [1.54, 1.807) is 6.08 Å². The maximum absolute atomic E-state index is 10.3. The van der Waals surface area contributed by atoms with E-state index in [0.717, 1.165) is 28.9 Å². The molecule has 1 aromatic carbocycles. The third-order valence-corrected chi connectivity index (χ3v) is 2.86. The molecule has 0 bridgehead atoms. The molecule has 0 aliphatic heterocycles. The van der Waals surface area contributed by atoms with Gasteiger partial charge in [-0.3, -0.25) is 0 Å². The smallest absolute Gasteiger partial charge is 0.328 e. The molecule has 0 aliphatic carbocycles. The van der Waals surface area contributed by atoms with Crippen LogP contribution in [0.15, 0.2) is 30.3 Å². The molecule has 17 heavy (non-hydrogen) atoms. The summed E-state index contributed by atoms with van der Waals surface area (Å²) in [5.74, 6) is 1.95. The first-order valence-corrected chi connectivity index (χ1v) is 6.59. The van der Waals surface area contributed by atoms with Gasteiger partial charge in [0.15, 0.2) is 0 Å². The molecule has 0 aromatic heterocycles. The molecular formula is C13H16O3S. The first kappa shape index (κ1) is 13.6. The van der Waals surface area contributed by atoms with Crippen LogP contribution in [0.2, 0.25) is 0 Å². The molecular weight excluding hydrogens is 236 g/mol. The second kappa shape index (κ2) is 7.79. The molecule has 0 atom stereocenters. The standard InChI is InChI=1S/C13H16O3S/c1-2-17-10-9-16-12-6-3-11(4-7-12)5-8-13(14)15/h3-8H,2,9-10H2,1H3,(H,14,15)/b8-5+. The van der Waals surface area contributed by atoms with Crippen molar-refractivity contribution in [3.63, 3.8) is 0 Å². The van der Waals surface area contributed by atoms with Crippen molar-refractivity contribution >= 4 is 23.8 Å². The molecule has 92 valence electrons. The fourth-order valence-electron chi connectivity index (χ4n) is 1.21. The predicted octanol–water partition coefficient (Wildman–Crippen LogP) is 2.92. The Labute approximate surface area is 105 Å². The average molecular weight is 252 g/mol. The van der Waals surface area contributed by atoms with Crippen molar-refractivity contribution in [3.05, 3.63) is 35.9 Å². The van der Waals surface area contributed by atoms with Crippen LogP contribution in [-0.4, -0.2) is 29.2 Å². The number of thioether (sulfide) groups is 1. The molecule has 0 aliphatic rings. The van der Waals surface area contributed by atoms with Gasteiger partial charge in [0, 0.05) is 11.8 Å². The van der Waals surface area contributed by atoms with Crippen molar-refractivity contribution < 1.29 is 14.6 Å². The van der Waals surface area contributed by atoms with Crippen molar-refractivity contribution in [3.8, 4) is 5.75 Å². The number of carbonyl (C=O) groups is 1. The Balaban J connectivity index is 2.42. The number of aliphatic carboxylic acids is 1. The van der Waals surface area contributed by atoms with E-state index in [-0.39, 0.29) is 0 Å². The first-order chi connectivity index (χ1) is 8.22. The third-order valence-electron chi connectivity index (χ3n) is 2.00. The van der Waals surface area contributed by atoms with Gasteiger partial charge in [-0.1, -0.05) is 19.1 Å². The second-order valence-electron chi connectivity index (χ2n) is 3.29. The van der Waals surface area contributed by atoms with E-state index < -0.39 is 5.97 Å². The number of rotatable bonds is 7.